The van der Waals surface area contributed by atoms with Gasteiger partial charge in [-0.15, -0.1) is 0 Å². The van der Waals surface area contributed by atoms with Gasteiger partial charge in [0, 0.05) is 48.8 Å². The Kier molecular flexibility index (Phi) is 15.4. The summed E-state index contributed by atoms with van der Waals surface area (Å²) < 4.78 is 1.11. The van der Waals surface area contributed by atoms with E-state index in [4.69, 9.17) is 0 Å². The van der Waals surface area contributed by atoms with Gasteiger partial charge in [0.25, 0.3) is 0 Å². The molecule has 0 amide bonds. The molecule has 452 valence electrons. The fourth-order valence-electron chi connectivity index (χ4n) is 14.8. The summed E-state index contributed by atoms with van der Waals surface area (Å²) in [6.45, 7) is 9.37. The zero-order chi connectivity index (χ0) is 62.8. The molecule has 16 aromatic rings. The topological polar surface area (TPSA) is 15.3 Å². The Morgan fingerprint density at radius 2 is 0.670 bits per heavy atom. The quantitative estimate of drug-likeness (QED) is 0.160. The smallest absolute Gasteiger partial charge is 0.0546 e. The molecule has 0 bridgehead atoms. The lowest BCUT2D eigenvalue weighted by atomic mass is 9.82. The molecule has 18 rings (SSSR count). The highest BCUT2D eigenvalue weighted by Crippen LogP contribution is 2.53. The summed E-state index contributed by atoms with van der Waals surface area (Å²) in [7, 11) is 0. The van der Waals surface area contributed by atoms with Gasteiger partial charge in [-0.2, -0.15) is 0 Å². The molecule has 0 atom stereocenters. The Bertz CT molecular complexity index is 5560. The van der Waals surface area contributed by atoms with E-state index < -0.39 is 0 Å². The lowest BCUT2D eigenvalue weighted by Gasteiger charge is -2.29. The van der Waals surface area contributed by atoms with Crippen LogP contribution in [0.2, 0.25) is 0 Å². The van der Waals surface area contributed by atoms with Crippen LogP contribution in [0.5, 0.6) is 0 Å². The molecule has 2 nitrogen and oxygen atoms in total. The molecule has 0 radical (unpaired) electrons. The molecule has 1 N–H and O–H groups in total. The summed E-state index contributed by atoms with van der Waals surface area (Å²) in [4.78, 5) is 2.46. The van der Waals surface area contributed by atoms with Gasteiger partial charge in [0.05, 0.1) is 5.69 Å². The van der Waals surface area contributed by atoms with Crippen LogP contribution in [-0.4, -0.2) is 0 Å². The highest BCUT2D eigenvalue weighted by molar-refractivity contribution is 9.10. The van der Waals surface area contributed by atoms with Crippen LogP contribution in [0, 0.1) is 0 Å². The molecule has 2 aliphatic carbocycles. The van der Waals surface area contributed by atoms with Gasteiger partial charge >= 0.3 is 0 Å². The van der Waals surface area contributed by atoms with E-state index in [0.29, 0.717) is 0 Å². The molecule has 0 saturated carbocycles. The maximum atomic E-state index is 3.73. The molecule has 16 aromatic carbocycles. The van der Waals surface area contributed by atoms with Crippen LogP contribution >= 0.6 is 15.9 Å². The molecule has 0 aromatic heterocycles. The largest absolute Gasteiger partial charge is 0.355 e. The van der Waals surface area contributed by atoms with Crippen molar-refractivity contribution in [1.82, 2.24) is 0 Å². The first-order valence-electron chi connectivity index (χ1n) is 32.2. The summed E-state index contributed by atoms with van der Waals surface area (Å²) in [6.07, 6.45) is 0. The van der Waals surface area contributed by atoms with E-state index in [9.17, 15) is 0 Å². The fraction of sp³-hybridized carbons (Fsp3) is 0.0769. The standard InChI is InChI=1S/C45H33N.C29H23N.C16H11Br.CH4/c1-45(2)42-18-10-9-16-39(42)40-26-25-36(29-43(40)45)46(44-28-34-13-5-6-14-37(34)38-15-7-8-17-41(38)44)35-23-21-31(22-24-35)33-20-19-30-11-3-4-12-32(30)27-33;1-29(2)26-14-8-7-12-23(26)24-16-15-20(18-27(24)29)30-28-17-19-9-3-4-10-21(19)22-11-5-6-13-25(22)28;17-16-9-7-13(8-10-16)15-6-5-12-3-1-2-4-14(12)11-15;/h3-29H,1-2H3;3-18,30H,1-2H3;1-11H;1H4. The van der Waals surface area contributed by atoms with E-state index >= 15 is 0 Å². The highest BCUT2D eigenvalue weighted by Gasteiger charge is 2.37. The Morgan fingerprint density at radius 1 is 0.277 bits per heavy atom. The second kappa shape index (κ2) is 24.3. The minimum absolute atomic E-state index is 0. The second-order valence-electron chi connectivity index (χ2n) is 25.8. The molecule has 0 fully saturated rings. The first-order chi connectivity index (χ1) is 45.5. The van der Waals surface area contributed by atoms with E-state index in [1.165, 1.54) is 143 Å². The maximum absolute atomic E-state index is 3.73. The van der Waals surface area contributed by atoms with Crippen molar-refractivity contribution in [1.29, 1.82) is 0 Å². The summed E-state index contributed by atoms with van der Waals surface area (Å²) in [5.74, 6) is 0. The highest BCUT2D eigenvalue weighted by atomic mass is 79.9. The molecule has 2 aliphatic rings. The number of fused-ring (bicyclic) bond motifs is 14. The van der Waals surface area contributed by atoms with Crippen LogP contribution in [0.3, 0.4) is 0 Å². The van der Waals surface area contributed by atoms with E-state index in [1.54, 1.807) is 0 Å². The monoisotopic (exact) mass is 1270 g/mol. The molecule has 0 spiro atoms. The lowest BCUT2D eigenvalue weighted by molar-refractivity contribution is 0.660. The summed E-state index contributed by atoms with van der Waals surface area (Å²) in [6, 6.07) is 119. The van der Waals surface area contributed by atoms with Gasteiger partial charge in [0.15, 0.2) is 0 Å². The molecule has 3 heteroatoms. The average Bonchev–Trinajstić information content (AvgIpc) is 1.50. The van der Waals surface area contributed by atoms with Crippen molar-refractivity contribution in [2.24, 2.45) is 0 Å². The third-order valence-electron chi connectivity index (χ3n) is 19.6. The van der Waals surface area contributed by atoms with Crippen molar-refractivity contribution in [3.05, 3.63) is 354 Å². The van der Waals surface area contributed by atoms with E-state index in [0.717, 1.165) is 21.5 Å². The zero-order valence-electron chi connectivity index (χ0n) is 52.5. The van der Waals surface area contributed by atoms with Crippen LogP contribution in [-0.2, 0) is 10.8 Å². The predicted octanol–water partition coefficient (Wildman–Crippen LogP) is 26.5. The molecule has 0 heterocycles. The van der Waals surface area contributed by atoms with Crippen molar-refractivity contribution >= 4 is 109 Å². The van der Waals surface area contributed by atoms with Gasteiger partial charge in [-0.3, -0.25) is 0 Å². The third-order valence-corrected chi connectivity index (χ3v) is 20.1. The van der Waals surface area contributed by atoms with E-state index in [2.05, 4.69) is 381 Å². The normalized spacial score (nSPS) is 12.8. The van der Waals surface area contributed by atoms with Crippen LogP contribution in [0.15, 0.2) is 332 Å². The number of nitrogens with zero attached hydrogens (tertiary/aromatic N) is 1. The SMILES string of the molecule is Brc1ccc(-c2ccc3ccccc3c2)cc1.C.CC1(C)c2ccccc2-c2ccc(N(c3ccc(-c4ccc5ccccc5c4)cc3)c3cc4ccccc4c4ccccc34)cc21.CC1(C)c2ccccc2-c2ccc(Nc3cc4ccccc4c4ccccc34)cc21. The van der Waals surface area contributed by atoms with Gasteiger partial charge < -0.3 is 10.2 Å². The van der Waals surface area contributed by atoms with Gasteiger partial charge in [-0.1, -0.05) is 306 Å². The minimum atomic E-state index is -0.0843. The van der Waals surface area contributed by atoms with Crippen LogP contribution in [0.25, 0.3) is 109 Å². The lowest BCUT2D eigenvalue weighted by Crippen LogP contribution is -2.16. The van der Waals surface area contributed by atoms with Crippen LogP contribution in [0.4, 0.5) is 28.4 Å². The molecule has 0 aliphatic heterocycles. The number of benzene rings is 16. The summed E-state index contributed by atoms with van der Waals surface area (Å²) >= 11 is 3.46. The maximum Gasteiger partial charge on any atom is 0.0546 e. The van der Waals surface area contributed by atoms with Crippen molar-refractivity contribution < 1.29 is 0 Å². The second-order valence-corrected chi connectivity index (χ2v) is 26.7. The van der Waals surface area contributed by atoms with E-state index in [-0.39, 0.29) is 18.3 Å². The van der Waals surface area contributed by atoms with Crippen molar-refractivity contribution in [3.8, 4) is 44.5 Å². The van der Waals surface area contributed by atoms with E-state index in [1.807, 2.05) is 0 Å². The van der Waals surface area contributed by atoms with Gasteiger partial charge in [0.2, 0.25) is 0 Å². The zero-order valence-corrected chi connectivity index (χ0v) is 54.1. The number of hydrogen-bond acceptors (Lipinski definition) is 2. The van der Waals surface area contributed by atoms with Crippen molar-refractivity contribution in [2.75, 3.05) is 10.2 Å². The molecule has 0 unspecified atom stereocenters. The number of halogens is 1. The number of nitrogens with one attached hydrogen (secondary N) is 1. The fourth-order valence-corrected chi connectivity index (χ4v) is 15.0. The molecule has 94 heavy (non-hydrogen) atoms. The predicted molar refractivity (Wildman–Crippen MR) is 409 cm³/mol. The van der Waals surface area contributed by atoms with Gasteiger partial charge in [-0.25, -0.2) is 0 Å². The number of rotatable bonds is 7. The number of anilines is 5. The Morgan fingerprint density at radius 3 is 1.23 bits per heavy atom. The average molecular weight is 1270 g/mol. The summed E-state index contributed by atoms with van der Waals surface area (Å²) in [5.41, 5.74) is 21.6. The van der Waals surface area contributed by atoms with Gasteiger partial charge in [-0.05, 0) is 193 Å². The minimum Gasteiger partial charge on any atom is -0.355 e. The van der Waals surface area contributed by atoms with Crippen molar-refractivity contribution in [2.45, 2.75) is 46.0 Å². The Hall–Kier alpha value is -10.8. The van der Waals surface area contributed by atoms with Crippen LogP contribution < -0.4 is 10.2 Å². The Labute approximate surface area is 560 Å². The third kappa shape index (κ3) is 10.7. The van der Waals surface area contributed by atoms with Crippen molar-refractivity contribution in [3.63, 3.8) is 0 Å². The first kappa shape index (κ1) is 59.5. The molecular formula is C91H71BrN2. The molecule has 0 saturated heterocycles. The molecular weight excluding hydrogens is 1200 g/mol. The van der Waals surface area contributed by atoms with Crippen LogP contribution in [0.1, 0.15) is 57.4 Å². The number of hydrogen-bond donors (Lipinski definition) is 1. The first-order valence-corrected chi connectivity index (χ1v) is 33.0. The Balaban J connectivity index is 0.000000130. The summed E-state index contributed by atoms with van der Waals surface area (Å²) in [5, 5.41) is 18.9. The van der Waals surface area contributed by atoms with Gasteiger partial charge in [0.1, 0.15) is 0 Å².